The van der Waals surface area contributed by atoms with E-state index in [1.54, 1.807) is 35.2 Å². The Kier molecular flexibility index (Phi) is 3.45. The zero-order valence-electron chi connectivity index (χ0n) is 12.8. The van der Waals surface area contributed by atoms with Crippen molar-refractivity contribution in [3.8, 4) is 0 Å². The molecule has 116 valence electrons. The van der Waals surface area contributed by atoms with Crippen LogP contribution in [-0.2, 0) is 10.0 Å². The van der Waals surface area contributed by atoms with E-state index in [4.69, 9.17) is 0 Å². The van der Waals surface area contributed by atoms with Crippen LogP contribution in [0.2, 0.25) is 0 Å². The van der Waals surface area contributed by atoms with Gasteiger partial charge in [-0.15, -0.1) is 0 Å². The van der Waals surface area contributed by atoms with Crippen molar-refractivity contribution in [2.75, 3.05) is 25.5 Å². The number of amides is 1. The molecule has 22 heavy (non-hydrogen) atoms. The molecule has 2 aromatic rings. The summed E-state index contributed by atoms with van der Waals surface area (Å²) in [5, 5.41) is 1.35. The van der Waals surface area contributed by atoms with Crippen molar-refractivity contribution in [1.29, 1.82) is 0 Å². The predicted octanol–water partition coefficient (Wildman–Crippen LogP) is 2.46. The molecule has 0 saturated carbocycles. The van der Waals surface area contributed by atoms with E-state index in [2.05, 4.69) is 0 Å². The number of hydrogen-bond donors (Lipinski definition) is 0. The van der Waals surface area contributed by atoms with E-state index in [0.717, 1.165) is 17.5 Å². The molecular weight excluding hydrogens is 300 g/mol. The van der Waals surface area contributed by atoms with Gasteiger partial charge in [0.25, 0.3) is 5.91 Å². The van der Waals surface area contributed by atoms with Crippen molar-refractivity contribution in [1.82, 2.24) is 4.31 Å². The van der Waals surface area contributed by atoms with Crippen LogP contribution in [0.25, 0.3) is 10.8 Å². The minimum Gasteiger partial charge on any atom is -0.308 e. The van der Waals surface area contributed by atoms with Crippen LogP contribution < -0.4 is 4.90 Å². The van der Waals surface area contributed by atoms with Crippen molar-refractivity contribution in [2.24, 2.45) is 0 Å². The molecule has 0 spiro atoms. The molecule has 2 aromatic carbocycles. The Labute approximate surface area is 130 Å². The van der Waals surface area contributed by atoms with Gasteiger partial charge in [0.15, 0.2) is 0 Å². The van der Waals surface area contributed by atoms with Crippen LogP contribution in [0.3, 0.4) is 0 Å². The lowest BCUT2D eigenvalue weighted by Crippen LogP contribution is -2.27. The SMILES string of the molecule is CCCN1C(=O)c2cccc3c(S(=O)(=O)N(C)C)ccc1c23. The smallest absolute Gasteiger partial charge is 0.258 e. The van der Waals surface area contributed by atoms with Crippen LogP contribution in [-0.4, -0.2) is 39.3 Å². The van der Waals surface area contributed by atoms with Crippen LogP contribution in [0.1, 0.15) is 23.7 Å². The molecule has 1 heterocycles. The van der Waals surface area contributed by atoms with Gasteiger partial charge in [0, 0.05) is 37.0 Å². The van der Waals surface area contributed by atoms with E-state index in [9.17, 15) is 13.2 Å². The highest BCUT2D eigenvalue weighted by molar-refractivity contribution is 7.89. The highest BCUT2D eigenvalue weighted by atomic mass is 32.2. The quantitative estimate of drug-likeness (QED) is 0.870. The van der Waals surface area contributed by atoms with Crippen molar-refractivity contribution in [2.45, 2.75) is 18.2 Å². The second-order valence-electron chi connectivity index (χ2n) is 5.56. The molecule has 1 aliphatic rings. The third-order valence-corrected chi connectivity index (χ3v) is 5.82. The lowest BCUT2D eigenvalue weighted by atomic mass is 10.1. The minimum absolute atomic E-state index is 0.0538. The normalized spacial score (nSPS) is 14.4. The van der Waals surface area contributed by atoms with Gasteiger partial charge in [-0.1, -0.05) is 19.1 Å². The number of carbonyl (C=O) groups is 1. The van der Waals surface area contributed by atoms with E-state index in [0.29, 0.717) is 17.5 Å². The number of anilines is 1. The summed E-state index contributed by atoms with van der Waals surface area (Å²) >= 11 is 0. The topological polar surface area (TPSA) is 57.7 Å². The van der Waals surface area contributed by atoms with E-state index in [-0.39, 0.29) is 10.8 Å². The first-order valence-corrected chi connectivity index (χ1v) is 8.63. The number of carbonyl (C=O) groups excluding carboxylic acids is 1. The molecule has 0 atom stereocenters. The Morgan fingerprint density at radius 1 is 1.14 bits per heavy atom. The highest BCUT2D eigenvalue weighted by Crippen LogP contribution is 2.40. The summed E-state index contributed by atoms with van der Waals surface area (Å²) in [6, 6.07) is 8.60. The summed E-state index contributed by atoms with van der Waals surface area (Å²) < 4.78 is 26.2. The van der Waals surface area contributed by atoms with Gasteiger partial charge in [-0.05, 0) is 24.6 Å². The van der Waals surface area contributed by atoms with Gasteiger partial charge in [0.05, 0.1) is 10.6 Å². The molecule has 0 bridgehead atoms. The van der Waals surface area contributed by atoms with Crippen LogP contribution in [0.5, 0.6) is 0 Å². The van der Waals surface area contributed by atoms with Crippen molar-refractivity contribution >= 4 is 32.4 Å². The van der Waals surface area contributed by atoms with Crippen LogP contribution in [0, 0.1) is 0 Å². The minimum atomic E-state index is -3.55. The van der Waals surface area contributed by atoms with Gasteiger partial charge in [-0.25, -0.2) is 12.7 Å². The molecule has 1 amide bonds. The highest BCUT2D eigenvalue weighted by Gasteiger charge is 2.32. The fourth-order valence-electron chi connectivity index (χ4n) is 2.89. The molecule has 0 unspecified atom stereocenters. The first-order valence-electron chi connectivity index (χ1n) is 7.19. The molecular formula is C16H18N2O3S. The lowest BCUT2D eigenvalue weighted by molar-refractivity contribution is 0.0993. The molecule has 0 N–H and O–H groups in total. The molecule has 1 aliphatic heterocycles. The van der Waals surface area contributed by atoms with Gasteiger partial charge in [-0.2, -0.15) is 0 Å². The molecule has 0 saturated heterocycles. The largest absolute Gasteiger partial charge is 0.308 e. The second kappa shape index (κ2) is 5.07. The summed E-state index contributed by atoms with van der Waals surface area (Å²) in [6.07, 6.45) is 0.846. The number of rotatable bonds is 4. The maximum atomic E-state index is 12.5. The summed E-state index contributed by atoms with van der Waals surface area (Å²) in [5.41, 5.74) is 1.38. The number of benzene rings is 2. The molecule has 5 nitrogen and oxygen atoms in total. The summed E-state index contributed by atoms with van der Waals surface area (Å²) in [4.78, 5) is 14.5. The summed E-state index contributed by atoms with van der Waals surface area (Å²) in [5.74, 6) is -0.0538. The Bertz CT molecular complexity index is 872. The Morgan fingerprint density at radius 3 is 2.50 bits per heavy atom. The average Bonchev–Trinajstić information content (AvgIpc) is 2.75. The van der Waals surface area contributed by atoms with Gasteiger partial charge in [0.1, 0.15) is 0 Å². The molecule has 0 fully saturated rings. The lowest BCUT2D eigenvalue weighted by Gasteiger charge is -2.18. The van der Waals surface area contributed by atoms with Crippen LogP contribution in [0.15, 0.2) is 35.2 Å². The van der Waals surface area contributed by atoms with Crippen molar-refractivity contribution in [3.63, 3.8) is 0 Å². The van der Waals surface area contributed by atoms with E-state index in [1.807, 2.05) is 6.92 Å². The van der Waals surface area contributed by atoms with Crippen LogP contribution >= 0.6 is 0 Å². The average molecular weight is 318 g/mol. The maximum absolute atomic E-state index is 12.5. The monoisotopic (exact) mass is 318 g/mol. The fourth-order valence-corrected chi connectivity index (χ4v) is 3.97. The van der Waals surface area contributed by atoms with E-state index < -0.39 is 10.0 Å². The second-order valence-corrected chi connectivity index (χ2v) is 7.68. The predicted molar refractivity (Wildman–Crippen MR) is 86.8 cm³/mol. The summed E-state index contributed by atoms with van der Waals surface area (Å²) in [6.45, 7) is 2.64. The third kappa shape index (κ3) is 1.94. The Balaban J connectivity index is 2.35. The standard InChI is InChI=1S/C16H18N2O3S/c1-4-10-18-13-8-9-14(22(20,21)17(2)3)11-6-5-7-12(15(11)13)16(18)19/h5-9H,4,10H2,1-3H3. The molecule has 0 aromatic heterocycles. The number of hydrogen-bond acceptors (Lipinski definition) is 3. The number of nitrogens with zero attached hydrogens (tertiary/aromatic N) is 2. The van der Waals surface area contributed by atoms with Gasteiger partial charge in [-0.3, -0.25) is 4.79 Å². The number of sulfonamides is 1. The third-order valence-electron chi connectivity index (χ3n) is 3.95. The van der Waals surface area contributed by atoms with E-state index in [1.165, 1.54) is 18.4 Å². The van der Waals surface area contributed by atoms with Gasteiger partial charge < -0.3 is 4.90 Å². The fraction of sp³-hybridized carbons (Fsp3) is 0.312. The first-order chi connectivity index (χ1) is 10.4. The molecule has 0 aliphatic carbocycles. The first kappa shape index (κ1) is 15.0. The molecule has 3 rings (SSSR count). The Hall–Kier alpha value is -1.92. The van der Waals surface area contributed by atoms with Gasteiger partial charge >= 0.3 is 0 Å². The zero-order chi connectivity index (χ0) is 16.1. The van der Waals surface area contributed by atoms with Crippen molar-refractivity contribution in [3.05, 3.63) is 35.9 Å². The molecule has 0 radical (unpaired) electrons. The summed E-state index contributed by atoms with van der Waals surface area (Å²) in [7, 11) is -0.539. The maximum Gasteiger partial charge on any atom is 0.258 e. The molecule has 6 heteroatoms. The van der Waals surface area contributed by atoms with E-state index >= 15 is 0 Å². The Morgan fingerprint density at radius 2 is 1.86 bits per heavy atom. The van der Waals surface area contributed by atoms with Crippen molar-refractivity contribution < 1.29 is 13.2 Å². The zero-order valence-corrected chi connectivity index (χ0v) is 13.6. The van der Waals surface area contributed by atoms with Gasteiger partial charge in [0.2, 0.25) is 10.0 Å². The van der Waals surface area contributed by atoms with Crippen LogP contribution in [0.4, 0.5) is 5.69 Å².